The van der Waals surface area contributed by atoms with E-state index in [1.807, 2.05) is 32.9 Å². The van der Waals surface area contributed by atoms with E-state index in [1.54, 1.807) is 0 Å². The second kappa shape index (κ2) is 10.7. The first-order valence-electron chi connectivity index (χ1n) is 11.9. The molecule has 3 heteroatoms. The number of ether oxygens (including phenoxy) is 1. The maximum Gasteiger partial charge on any atom is 0.308 e. The highest BCUT2D eigenvalue weighted by atomic mass is 16.6. The number of rotatable bonds is 8. The summed E-state index contributed by atoms with van der Waals surface area (Å²) in [4.78, 5) is 15.5. The highest BCUT2D eigenvalue weighted by molar-refractivity contribution is 5.86. The summed E-state index contributed by atoms with van der Waals surface area (Å²) in [6, 6.07) is 35.5. The molecule has 0 aromatic heterocycles. The molecule has 0 aliphatic carbocycles. The number of esters is 1. The molecule has 0 fully saturated rings. The number of hydrogen-bond acceptors (Lipinski definition) is 3. The summed E-state index contributed by atoms with van der Waals surface area (Å²) in [5.41, 5.74) is 3.06. The van der Waals surface area contributed by atoms with Gasteiger partial charge in [-0.1, -0.05) is 103 Å². The molecule has 0 aliphatic heterocycles. The summed E-state index contributed by atoms with van der Waals surface area (Å²) in [7, 11) is 0. The van der Waals surface area contributed by atoms with Crippen molar-refractivity contribution in [3.05, 3.63) is 120 Å². The van der Waals surface area contributed by atoms with E-state index in [9.17, 15) is 4.79 Å². The third-order valence-corrected chi connectivity index (χ3v) is 5.86. The first kappa shape index (κ1) is 23.7. The van der Waals surface area contributed by atoms with Crippen LogP contribution in [0.4, 0.5) is 0 Å². The minimum atomic E-state index is -0.524. The van der Waals surface area contributed by atoms with Crippen molar-refractivity contribution in [2.75, 3.05) is 0 Å². The van der Waals surface area contributed by atoms with Crippen LogP contribution in [0.1, 0.15) is 49.9 Å². The summed E-state index contributed by atoms with van der Waals surface area (Å²) in [5.74, 6) is -0.184. The van der Waals surface area contributed by atoms with Crippen LogP contribution in [-0.2, 0) is 22.6 Å². The second-order valence-corrected chi connectivity index (χ2v) is 9.75. The molecule has 34 heavy (non-hydrogen) atoms. The van der Waals surface area contributed by atoms with Gasteiger partial charge in [-0.05, 0) is 48.2 Å². The average Bonchev–Trinajstić information content (AvgIpc) is 2.82. The molecule has 4 aromatic carbocycles. The first-order valence-corrected chi connectivity index (χ1v) is 11.9. The zero-order chi connectivity index (χ0) is 24.0. The van der Waals surface area contributed by atoms with Gasteiger partial charge in [0.25, 0.3) is 0 Å². The zero-order valence-corrected chi connectivity index (χ0v) is 20.3. The average molecular weight is 452 g/mol. The van der Waals surface area contributed by atoms with Crippen LogP contribution < -0.4 is 0 Å². The highest BCUT2D eigenvalue weighted by Crippen LogP contribution is 2.34. The van der Waals surface area contributed by atoms with Crippen LogP contribution in [0.25, 0.3) is 10.8 Å². The molecule has 0 saturated carbocycles. The topological polar surface area (TPSA) is 29.5 Å². The van der Waals surface area contributed by atoms with Crippen LogP contribution in [0.3, 0.4) is 0 Å². The molecule has 0 bridgehead atoms. The molecule has 174 valence electrons. The smallest absolute Gasteiger partial charge is 0.308 e. The molecule has 0 spiro atoms. The van der Waals surface area contributed by atoms with Gasteiger partial charge in [-0.25, -0.2) is 0 Å². The number of carbonyl (C=O) groups excluding carboxylic acids is 1. The number of benzene rings is 4. The van der Waals surface area contributed by atoms with E-state index in [2.05, 4.69) is 95.9 Å². The van der Waals surface area contributed by atoms with Crippen LogP contribution in [0, 0.1) is 0 Å². The molecule has 1 atom stereocenters. The van der Waals surface area contributed by atoms with Gasteiger partial charge in [0.05, 0.1) is 6.42 Å². The molecule has 0 N–H and O–H groups in total. The molecule has 3 nitrogen and oxygen atoms in total. The van der Waals surface area contributed by atoms with E-state index in [0.717, 1.165) is 18.7 Å². The molecule has 0 unspecified atom stereocenters. The maximum absolute atomic E-state index is 13.1. The first-order chi connectivity index (χ1) is 16.4. The highest BCUT2D eigenvalue weighted by Gasteiger charge is 2.28. The molecule has 0 amide bonds. The van der Waals surface area contributed by atoms with E-state index in [1.165, 1.54) is 21.9 Å². The molecule has 4 rings (SSSR count). The summed E-state index contributed by atoms with van der Waals surface area (Å²) in [6.45, 7) is 7.22. The quantitative estimate of drug-likeness (QED) is 0.263. The Balaban J connectivity index is 1.78. The van der Waals surface area contributed by atoms with Crippen molar-refractivity contribution in [1.29, 1.82) is 0 Å². The van der Waals surface area contributed by atoms with Gasteiger partial charge in [0.15, 0.2) is 0 Å². The van der Waals surface area contributed by atoms with Gasteiger partial charge < -0.3 is 4.74 Å². The Hall–Kier alpha value is -3.43. The summed E-state index contributed by atoms with van der Waals surface area (Å²) in [6.07, 6.45) is 0.283. The van der Waals surface area contributed by atoms with Crippen molar-refractivity contribution in [2.24, 2.45) is 0 Å². The number of carbonyl (C=O) groups is 1. The third-order valence-electron chi connectivity index (χ3n) is 5.86. The fourth-order valence-electron chi connectivity index (χ4n) is 4.43. The van der Waals surface area contributed by atoms with Crippen LogP contribution in [0.2, 0.25) is 0 Å². The van der Waals surface area contributed by atoms with Gasteiger partial charge in [0, 0.05) is 19.1 Å². The number of hydrogen-bond donors (Lipinski definition) is 0. The molecule has 0 radical (unpaired) electrons. The Morgan fingerprint density at radius 3 is 1.85 bits per heavy atom. The molecule has 0 heterocycles. The van der Waals surface area contributed by atoms with Crippen molar-refractivity contribution in [1.82, 2.24) is 4.90 Å². The predicted molar refractivity (Wildman–Crippen MR) is 139 cm³/mol. The number of fused-ring (bicyclic) bond motifs is 1. The molecular weight excluding hydrogens is 418 g/mol. The second-order valence-electron chi connectivity index (χ2n) is 9.75. The van der Waals surface area contributed by atoms with Gasteiger partial charge in [0.1, 0.15) is 5.60 Å². The van der Waals surface area contributed by atoms with Gasteiger partial charge in [0.2, 0.25) is 0 Å². The SMILES string of the molecule is CC(C)(C)OC(=O)C[C@H](c1cccc2ccccc12)N(Cc1ccccc1)Cc1ccccc1. The van der Waals surface area contributed by atoms with E-state index in [0.29, 0.717) is 0 Å². The summed E-state index contributed by atoms with van der Waals surface area (Å²) >= 11 is 0. The standard InChI is InChI=1S/C31H33NO2/c1-31(2,3)34-30(33)21-29(28-20-12-18-26-17-10-11-19-27(26)28)32(22-24-13-6-4-7-14-24)23-25-15-8-5-9-16-25/h4-20,29H,21-23H2,1-3H3/t29-/m1/s1. The van der Waals surface area contributed by atoms with Crippen molar-refractivity contribution < 1.29 is 9.53 Å². The van der Waals surface area contributed by atoms with Gasteiger partial charge in [-0.2, -0.15) is 0 Å². The van der Waals surface area contributed by atoms with Gasteiger partial charge >= 0.3 is 5.97 Å². The van der Waals surface area contributed by atoms with Crippen molar-refractivity contribution >= 4 is 16.7 Å². The lowest BCUT2D eigenvalue weighted by molar-refractivity contribution is -0.156. The molecular formula is C31H33NO2. The normalized spacial score (nSPS) is 12.6. The Morgan fingerprint density at radius 1 is 0.735 bits per heavy atom. The number of nitrogens with zero attached hydrogens (tertiary/aromatic N) is 1. The van der Waals surface area contributed by atoms with Crippen molar-refractivity contribution in [2.45, 2.75) is 51.9 Å². The fraction of sp³-hybridized carbons (Fsp3) is 0.258. The Kier molecular flexibility index (Phi) is 7.44. The monoisotopic (exact) mass is 451 g/mol. The van der Waals surface area contributed by atoms with Crippen molar-refractivity contribution in [3.63, 3.8) is 0 Å². The van der Waals surface area contributed by atoms with Crippen LogP contribution in [0.15, 0.2) is 103 Å². The minimum Gasteiger partial charge on any atom is -0.460 e. The third kappa shape index (κ3) is 6.33. The summed E-state index contributed by atoms with van der Waals surface area (Å²) in [5, 5.41) is 2.35. The lowest BCUT2D eigenvalue weighted by atomic mass is 9.94. The van der Waals surface area contributed by atoms with E-state index >= 15 is 0 Å². The van der Waals surface area contributed by atoms with E-state index < -0.39 is 5.60 Å². The van der Waals surface area contributed by atoms with E-state index in [4.69, 9.17) is 4.74 Å². The van der Waals surface area contributed by atoms with Gasteiger partial charge in [-0.3, -0.25) is 9.69 Å². The van der Waals surface area contributed by atoms with Crippen LogP contribution in [-0.4, -0.2) is 16.5 Å². The van der Waals surface area contributed by atoms with Gasteiger partial charge in [-0.15, -0.1) is 0 Å². The Labute approximate surface area is 203 Å². The zero-order valence-electron chi connectivity index (χ0n) is 20.3. The lowest BCUT2D eigenvalue weighted by Gasteiger charge is -2.33. The Bertz CT molecular complexity index is 1170. The largest absolute Gasteiger partial charge is 0.460 e. The summed E-state index contributed by atoms with van der Waals surface area (Å²) < 4.78 is 5.79. The van der Waals surface area contributed by atoms with Crippen molar-refractivity contribution in [3.8, 4) is 0 Å². The minimum absolute atomic E-state index is 0.138. The molecule has 0 saturated heterocycles. The van der Waals surface area contributed by atoms with Crippen LogP contribution >= 0.6 is 0 Å². The predicted octanol–water partition coefficient (Wildman–Crippen LogP) is 7.32. The Morgan fingerprint density at radius 2 is 1.26 bits per heavy atom. The van der Waals surface area contributed by atoms with E-state index in [-0.39, 0.29) is 18.4 Å². The molecule has 4 aromatic rings. The molecule has 0 aliphatic rings. The lowest BCUT2D eigenvalue weighted by Crippen LogP contribution is -2.32. The maximum atomic E-state index is 13.1. The fourth-order valence-corrected chi connectivity index (χ4v) is 4.43. The van der Waals surface area contributed by atoms with Crippen LogP contribution in [0.5, 0.6) is 0 Å².